The highest BCUT2D eigenvalue weighted by atomic mass is 79.9. The molecule has 145 heavy (non-hydrogen) atoms. The van der Waals surface area contributed by atoms with Crippen molar-refractivity contribution in [2.75, 3.05) is 24.9 Å². The highest BCUT2D eigenvalue weighted by Gasteiger charge is 2.19. The first-order chi connectivity index (χ1) is 70.2. The summed E-state index contributed by atoms with van der Waals surface area (Å²) in [5.74, 6) is 0. The zero-order valence-corrected chi connectivity index (χ0v) is 80.3. The highest BCUT2D eigenvalue weighted by Crippen LogP contribution is 2.42. The molecule has 0 aromatic heterocycles. The van der Waals surface area contributed by atoms with Crippen LogP contribution in [0.3, 0.4) is 0 Å². The molecule has 0 saturated heterocycles. The normalized spacial score (nSPS) is 10.3. The Labute approximate surface area is 866 Å². The van der Waals surface area contributed by atoms with E-state index in [1.54, 1.807) is 12.1 Å². The van der Waals surface area contributed by atoms with Crippen LogP contribution in [0.15, 0.2) is 575 Å². The first-order valence-electron chi connectivity index (χ1n) is 47.0. The van der Waals surface area contributed by atoms with Crippen LogP contribution in [-0.2, 0) is 0 Å². The molecular weight excluding hydrogens is 1830 g/mol. The van der Waals surface area contributed by atoms with Crippen molar-refractivity contribution in [3.63, 3.8) is 0 Å². The molecule has 0 atom stereocenters. The molecule has 1 N–H and O–H groups in total. The maximum absolute atomic E-state index is 11.0. The van der Waals surface area contributed by atoms with Gasteiger partial charge in [0.25, 0.3) is 0 Å². The molecule has 3 radical (unpaired) electrons. The van der Waals surface area contributed by atoms with Gasteiger partial charge in [-0.25, -0.2) is 4.85 Å². The number of nitriles is 1. The summed E-state index contributed by atoms with van der Waals surface area (Å²) in [5.41, 5.74) is 32.2. The minimum absolute atomic E-state index is 0. The van der Waals surface area contributed by atoms with Gasteiger partial charge in [0.05, 0.1) is 18.2 Å². The summed E-state index contributed by atoms with van der Waals surface area (Å²) < 4.78 is 1.12. The lowest BCUT2D eigenvalue weighted by Crippen LogP contribution is -2.09. The molecule has 0 fully saturated rings. The average Bonchev–Trinajstić information content (AvgIpc) is 0.811. The molecule has 0 spiro atoms. The highest BCUT2D eigenvalue weighted by molar-refractivity contribution is 9.10. The van der Waals surface area contributed by atoms with Crippen LogP contribution in [0.4, 0.5) is 85.3 Å². The third kappa shape index (κ3) is 27.9. The minimum atomic E-state index is 0. The van der Waals surface area contributed by atoms with Gasteiger partial charge in [-0.1, -0.05) is 419 Å². The van der Waals surface area contributed by atoms with Crippen molar-refractivity contribution in [1.29, 1.82) is 5.26 Å². The van der Waals surface area contributed by atoms with Crippen molar-refractivity contribution in [3.05, 3.63) is 620 Å². The van der Waals surface area contributed by atoms with E-state index >= 15 is 0 Å². The Hall–Kier alpha value is -18.7. The Balaban J connectivity index is 0.000000177. The predicted molar refractivity (Wildman–Crippen MR) is 624 cm³/mol. The second-order valence-corrected chi connectivity index (χ2v) is 34.1. The summed E-state index contributed by atoms with van der Waals surface area (Å²) in [7, 11) is 0. The quantitative estimate of drug-likeness (QED) is 0.0280. The van der Waals surface area contributed by atoms with Crippen molar-refractivity contribution in [2.45, 2.75) is 14.9 Å². The summed E-state index contributed by atoms with van der Waals surface area (Å²) in [6.07, 6.45) is 8.68. The summed E-state index contributed by atoms with van der Waals surface area (Å²) >= 11 is 3.42. The zero-order valence-electron chi connectivity index (χ0n) is 78.7. The Kier molecular flexibility index (Phi) is 37.3. The van der Waals surface area contributed by atoms with Gasteiger partial charge >= 0.3 is 0 Å². The topological polar surface area (TPSA) is 70.2 Å². The number of carbonyl (C=O) groups excluding carboxylic acids is 1. The number of anilines is 14. The van der Waals surface area contributed by atoms with Gasteiger partial charge in [0.1, 0.15) is 6.29 Å². The smallest absolute Gasteiger partial charge is 0.194 e. The average molecular weight is 1940 g/mol. The van der Waals surface area contributed by atoms with Crippen LogP contribution in [0.2, 0.25) is 0 Å². The van der Waals surface area contributed by atoms with Crippen molar-refractivity contribution in [2.24, 2.45) is 0 Å². The second kappa shape index (κ2) is 52.9. The standard InChI is InChI=1S/C60H42N4.C25H19NO.C24H19N.C12H9Br.C12H11N.2CH4.B.H2/c1-62-60-43-51(28-22-45-24-34-56(35-25-45)63(54-18-10-4-11-19-54)58-38-30-49(31-39-58)47-14-6-2-7-15-47)53(44-61)42-52(60)29-23-46-26-36-57(37-27-46)64(55-20-12-5-13-21-55)59-40-32-50(33-41-59)48-16-8-3-9-17-48;27-19-20-11-15-24(16-12-20)26(23-9-5-2-6-10-23)25-17-13-22(14-18-25)21-7-3-1-4-8-21;1-4-10-20(11-5-1)21-16-18-24(19-17-21)25(22-12-6-2-7-13-22)23-14-8-3-9-15-23;13-12-8-6-11(7-9-12)10-4-2-1-3-5-10;1-3-7-11(8-4-1)13-12-9-5-2-6-10-12;;;;/h2-43H;1-19H;1-19H;1-9H;1-10,13H;2*1H4;;1H/b28-22+,29-23+;;;;;;;;/i;;;;;;;;1+1. The minimum Gasteiger partial charge on any atom is -0.356 e. The van der Waals surface area contributed by atoms with Crippen LogP contribution in [0.1, 0.15) is 54.5 Å². The Morgan fingerprint density at radius 1 is 0.241 bits per heavy atom. The van der Waals surface area contributed by atoms with Gasteiger partial charge in [0.2, 0.25) is 0 Å². The number of rotatable bonds is 24. The van der Waals surface area contributed by atoms with Gasteiger partial charge in [0, 0.05) is 99.5 Å². The van der Waals surface area contributed by atoms with E-state index in [1.165, 1.54) is 55.6 Å². The molecule has 21 rings (SSSR count). The fraction of sp³-hybridized carbons (Fsp3) is 0.0148. The number of halogens is 1. The molecule has 21 aromatic rings. The number of hydrogen-bond acceptors (Lipinski definition) is 7. The number of nitrogens with one attached hydrogen (secondary N) is 1. The van der Waals surface area contributed by atoms with Gasteiger partial charge < -0.3 is 24.9 Å². The lowest BCUT2D eigenvalue weighted by Gasteiger charge is -2.25. The third-order valence-corrected chi connectivity index (χ3v) is 24.3. The van der Waals surface area contributed by atoms with Crippen LogP contribution in [0.25, 0.3) is 84.8 Å². The molecule has 21 aromatic carbocycles. The van der Waals surface area contributed by atoms with Crippen LogP contribution in [-0.4, -0.2) is 14.7 Å². The molecule has 0 bridgehead atoms. The van der Waals surface area contributed by atoms with Crippen molar-refractivity contribution < 1.29 is 6.22 Å². The van der Waals surface area contributed by atoms with Crippen molar-refractivity contribution in [3.8, 4) is 61.7 Å². The van der Waals surface area contributed by atoms with E-state index in [1.807, 2.05) is 218 Å². The molecule has 0 aliphatic heterocycles. The molecular formula is C135H110BBrN7O. The van der Waals surface area contributed by atoms with E-state index in [9.17, 15) is 10.1 Å². The molecule has 0 amide bonds. The van der Waals surface area contributed by atoms with E-state index < -0.39 is 0 Å². The van der Waals surface area contributed by atoms with Crippen molar-refractivity contribution >= 4 is 140 Å². The lowest BCUT2D eigenvalue weighted by molar-refractivity contribution is 0.112. The Bertz CT molecular complexity index is 7360. The predicted octanol–water partition coefficient (Wildman–Crippen LogP) is 38.9. The van der Waals surface area contributed by atoms with Gasteiger partial charge in [-0.15, -0.1) is 0 Å². The summed E-state index contributed by atoms with van der Waals surface area (Å²) in [6, 6.07) is 197. The summed E-state index contributed by atoms with van der Waals surface area (Å²) in [5, 5.41) is 13.5. The summed E-state index contributed by atoms with van der Waals surface area (Å²) in [6.45, 7) is 8.02. The van der Waals surface area contributed by atoms with Crippen molar-refractivity contribution in [1.82, 2.24) is 0 Å². The van der Waals surface area contributed by atoms with Crippen LogP contribution in [0.5, 0.6) is 0 Å². The number of carbonyl (C=O) groups is 1. The fourth-order valence-corrected chi connectivity index (χ4v) is 16.8. The van der Waals surface area contributed by atoms with Crippen LogP contribution >= 0.6 is 15.9 Å². The Morgan fingerprint density at radius 2 is 0.434 bits per heavy atom. The number of benzene rings is 21. The summed E-state index contributed by atoms with van der Waals surface area (Å²) in [4.78, 5) is 23.8. The molecule has 0 aliphatic rings. The Morgan fingerprint density at radius 3 is 0.662 bits per heavy atom. The molecule has 0 unspecified atom stereocenters. The number of nitrogens with zero attached hydrogens (tertiary/aromatic N) is 6. The lowest BCUT2D eigenvalue weighted by atomic mass is 10.0. The molecule has 0 saturated carbocycles. The monoisotopic (exact) mass is 1940 g/mol. The number of hydrogen-bond donors (Lipinski definition) is 1. The molecule has 10 heteroatoms. The number of para-hydroxylation sites is 7. The van der Waals surface area contributed by atoms with E-state index in [0.717, 1.165) is 102 Å². The zero-order chi connectivity index (χ0) is 96.9. The maximum atomic E-state index is 11.0. The molecule has 701 valence electrons. The van der Waals surface area contributed by atoms with Gasteiger partial charge in [-0.3, -0.25) is 4.79 Å². The maximum Gasteiger partial charge on any atom is 0.194 e. The van der Waals surface area contributed by atoms with Gasteiger partial charge in [-0.05, 0) is 284 Å². The first-order valence-corrected chi connectivity index (χ1v) is 47.8. The molecule has 0 aliphatic carbocycles. The van der Waals surface area contributed by atoms with E-state index in [0.29, 0.717) is 27.9 Å². The fourth-order valence-electron chi connectivity index (χ4n) is 16.5. The van der Waals surface area contributed by atoms with E-state index in [-0.39, 0.29) is 24.7 Å². The van der Waals surface area contributed by atoms with Crippen LogP contribution < -0.4 is 24.9 Å². The second-order valence-electron chi connectivity index (χ2n) is 33.2. The van der Waals surface area contributed by atoms with Gasteiger partial charge in [-0.2, -0.15) is 5.26 Å². The molecule has 0 heterocycles. The molecule has 8 nitrogen and oxygen atoms in total. The largest absolute Gasteiger partial charge is 0.356 e. The first kappa shape index (κ1) is 102. The van der Waals surface area contributed by atoms with Crippen LogP contribution in [0, 0.1) is 17.9 Å². The van der Waals surface area contributed by atoms with E-state index in [4.69, 9.17) is 6.57 Å². The third-order valence-electron chi connectivity index (χ3n) is 23.7. The SMILES string of the molecule is Brc1ccc(-c2ccccc2)cc1.C.C.O=Cc1ccc(N(c2ccccc2)c2ccc(-c3ccccc3)cc2)cc1.[2HH].[B].[C-]#[N+]c1cc(/C=C/c2ccc(N(c3ccccc3)c3ccc(-c4ccccc4)cc3)cc2)c(C#N)cc1/C=C/c1ccc(N(c2ccccc2)c2ccc(-c3ccccc3)cc2)cc1.c1ccc(-c2ccc(N(c3ccccc3)c3ccccc3)cc2)cc1.c1ccc(Nc2ccccc2)cc1. The number of aldehydes is 1. The van der Waals surface area contributed by atoms with Gasteiger partial charge in [0.15, 0.2) is 5.69 Å². The van der Waals surface area contributed by atoms with E-state index in [2.05, 4.69) is 416 Å².